The van der Waals surface area contributed by atoms with Gasteiger partial charge in [0.1, 0.15) is 13.2 Å². The first-order valence-electron chi connectivity index (χ1n) is 28.0. The zero-order chi connectivity index (χ0) is 46.5. The van der Waals surface area contributed by atoms with Gasteiger partial charge in [0, 0.05) is 19.3 Å². The predicted molar refractivity (Wildman–Crippen MR) is 275 cm³/mol. The maximum Gasteiger partial charge on any atom is 0.306 e. The molecule has 6 nitrogen and oxygen atoms in total. The second-order valence-electron chi connectivity index (χ2n) is 18.8. The normalized spacial score (nSPS) is 12.2. The van der Waals surface area contributed by atoms with E-state index in [1.807, 2.05) is 0 Å². The minimum Gasteiger partial charge on any atom is -0.462 e. The van der Waals surface area contributed by atoms with Crippen molar-refractivity contribution in [3.05, 3.63) is 36.5 Å². The third kappa shape index (κ3) is 50.6. The summed E-state index contributed by atoms with van der Waals surface area (Å²) in [6, 6.07) is 0. The quantitative estimate of drug-likeness (QED) is 0.0262. The van der Waals surface area contributed by atoms with Gasteiger partial charge >= 0.3 is 17.9 Å². The van der Waals surface area contributed by atoms with Crippen LogP contribution < -0.4 is 0 Å². The van der Waals surface area contributed by atoms with Gasteiger partial charge in [0.05, 0.1) is 0 Å². The van der Waals surface area contributed by atoms with E-state index in [-0.39, 0.29) is 31.1 Å². The Morgan fingerprint density at radius 3 is 0.844 bits per heavy atom. The Labute approximate surface area is 397 Å². The lowest BCUT2D eigenvalue weighted by atomic mass is 10.1. The second-order valence-corrected chi connectivity index (χ2v) is 18.8. The molecule has 0 aromatic heterocycles. The maximum absolute atomic E-state index is 12.8. The molecule has 6 heteroatoms. The van der Waals surface area contributed by atoms with E-state index in [1.165, 1.54) is 186 Å². The van der Waals surface area contributed by atoms with Gasteiger partial charge < -0.3 is 14.2 Å². The Morgan fingerprint density at radius 1 is 0.297 bits per heavy atom. The van der Waals surface area contributed by atoms with E-state index in [0.29, 0.717) is 19.3 Å². The number of ether oxygens (including phenoxy) is 3. The summed E-state index contributed by atoms with van der Waals surface area (Å²) < 4.78 is 16.8. The van der Waals surface area contributed by atoms with Crippen LogP contribution in [0, 0.1) is 0 Å². The highest BCUT2D eigenvalue weighted by atomic mass is 16.6. The molecule has 0 aromatic carbocycles. The number of carbonyl (C=O) groups is 3. The molecule has 0 N–H and O–H groups in total. The van der Waals surface area contributed by atoms with Crippen LogP contribution in [0.1, 0.15) is 297 Å². The molecule has 1 unspecified atom stereocenters. The van der Waals surface area contributed by atoms with Crippen molar-refractivity contribution in [1.29, 1.82) is 0 Å². The summed E-state index contributed by atoms with van der Waals surface area (Å²) in [6.45, 7) is 6.59. The van der Waals surface area contributed by atoms with Crippen molar-refractivity contribution in [2.45, 2.75) is 303 Å². The average Bonchev–Trinajstić information content (AvgIpc) is 3.29. The number of carbonyl (C=O) groups excluding carboxylic acids is 3. The van der Waals surface area contributed by atoms with Crippen molar-refractivity contribution in [2.75, 3.05) is 13.2 Å². The fraction of sp³-hybridized carbons (Fsp3) is 0.845. The number of hydrogen-bond acceptors (Lipinski definition) is 6. The van der Waals surface area contributed by atoms with Gasteiger partial charge in [0.25, 0.3) is 0 Å². The average molecular weight is 899 g/mol. The Morgan fingerprint density at radius 2 is 0.547 bits per heavy atom. The molecule has 0 saturated carbocycles. The van der Waals surface area contributed by atoms with E-state index >= 15 is 0 Å². The molecule has 0 fully saturated rings. The second kappa shape index (κ2) is 53.2. The van der Waals surface area contributed by atoms with E-state index < -0.39 is 6.10 Å². The summed E-state index contributed by atoms with van der Waals surface area (Å²) in [7, 11) is 0. The van der Waals surface area contributed by atoms with Gasteiger partial charge in [-0.2, -0.15) is 0 Å². The number of hydrogen-bond donors (Lipinski definition) is 0. The zero-order valence-electron chi connectivity index (χ0n) is 42.8. The standard InChI is InChI=1S/C58H106O6/c1-4-7-10-13-16-19-22-24-26-28-29-31-32-34-36-39-42-45-48-51-57(60)63-54-55(53-62-56(59)50-47-44-41-38-21-18-15-12-9-6-3)64-58(61)52-49-46-43-40-37-35-33-30-27-25-23-20-17-14-11-8-5-2/h12,15,24-27,55H,4-11,13-14,16-23,28-54H2,1-3H3/b15-12-,26-24-,27-25-. The van der Waals surface area contributed by atoms with Crippen LogP contribution in [0.15, 0.2) is 36.5 Å². The summed E-state index contributed by atoms with van der Waals surface area (Å²) in [5.41, 5.74) is 0. The lowest BCUT2D eigenvalue weighted by Crippen LogP contribution is -2.30. The molecule has 0 aliphatic heterocycles. The molecule has 374 valence electrons. The Bertz CT molecular complexity index is 1080. The van der Waals surface area contributed by atoms with Gasteiger partial charge in [-0.05, 0) is 89.9 Å². The number of unbranched alkanes of at least 4 members (excludes halogenated alkanes) is 34. The molecule has 0 aliphatic rings. The van der Waals surface area contributed by atoms with Gasteiger partial charge in [0.2, 0.25) is 0 Å². The molecule has 0 radical (unpaired) electrons. The van der Waals surface area contributed by atoms with Gasteiger partial charge in [-0.3, -0.25) is 14.4 Å². The third-order valence-electron chi connectivity index (χ3n) is 12.3. The molecule has 64 heavy (non-hydrogen) atoms. The zero-order valence-corrected chi connectivity index (χ0v) is 42.8. The van der Waals surface area contributed by atoms with Crippen LogP contribution in [0.4, 0.5) is 0 Å². The van der Waals surface area contributed by atoms with E-state index in [9.17, 15) is 14.4 Å². The molecular weight excluding hydrogens is 793 g/mol. The van der Waals surface area contributed by atoms with Crippen molar-refractivity contribution >= 4 is 17.9 Å². The topological polar surface area (TPSA) is 78.9 Å². The van der Waals surface area contributed by atoms with Crippen LogP contribution in [-0.4, -0.2) is 37.2 Å². The van der Waals surface area contributed by atoms with Crippen molar-refractivity contribution in [3.8, 4) is 0 Å². The van der Waals surface area contributed by atoms with Gasteiger partial charge in [-0.25, -0.2) is 0 Å². The highest BCUT2D eigenvalue weighted by Gasteiger charge is 2.19. The molecule has 0 spiro atoms. The number of rotatable bonds is 51. The molecule has 0 aromatic rings. The molecular formula is C58H106O6. The monoisotopic (exact) mass is 899 g/mol. The highest BCUT2D eigenvalue weighted by Crippen LogP contribution is 2.16. The van der Waals surface area contributed by atoms with Crippen molar-refractivity contribution in [2.24, 2.45) is 0 Å². The first-order chi connectivity index (χ1) is 31.5. The SMILES string of the molecule is CCC/C=C\CCCCCCCC(=O)OCC(COC(=O)CCCCCCCCCCC/C=C\CCCCCCCC)OC(=O)CCCCCCCCC/C=C\CCCCCCCC. The maximum atomic E-state index is 12.8. The van der Waals surface area contributed by atoms with E-state index in [1.54, 1.807) is 0 Å². The summed E-state index contributed by atoms with van der Waals surface area (Å²) in [6.07, 6.45) is 62.8. The molecule has 0 saturated heterocycles. The lowest BCUT2D eigenvalue weighted by molar-refractivity contribution is -0.167. The molecule has 0 amide bonds. The fourth-order valence-electron chi connectivity index (χ4n) is 8.08. The Hall–Kier alpha value is -2.37. The Kier molecular flexibility index (Phi) is 51.3. The third-order valence-corrected chi connectivity index (χ3v) is 12.3. The number of esters is 3. The van der Waals surface area contributed by atoms with Crippen LogP contribution in [0.2, 0.25) is 0 Å². The summed E-state index contributed by atoms with van der Waals surface area (Å²) in [5.74, 6) is -0.881. The van der Waals surface area contributed by atoms with Gasteiger partial charge in [-0.1, -0.05) is 224 Å². The molecule has 1 atom stereocenters. The van der Waals surface area contributed by atoms with E-state index in [0.717, 1.165) is 70.6 Å². The molecule has 0 heterocycles. The van der Waals surface area contributed by atoms with Gasteiger partial charge in [-0.15, -0.1) is 0 Å². The lowest BCUT2D eigenvalue weighted by Gasteiger charge is -2.18. The van der Waals surface area contributed by atoms with Crippen LogP contribution in [0.5, 0.6) is 0 Å². The predicted octanol–water partition coefficient (Wildman–Crippen LogP) is 18.5. The van der Waals surface area contributed by atoms with Crippen LogP contribution in [0.3, 0.4) is 0 Å². The first kappa shape index (κ1) is 61.6. The first-order valence-corrected chi connectivity index (χ1v) is 28.0. The van der Waals surface area contributed by atoms with Gasteiger partial charge in [0.15, 0.2) is 6.10 Å². The van der Waals surface area contributed by atoms with E-state index in [2.05, 4.69) is 57.2 Å². The van der Waals surface area contributed by atoms with E-state index in [4.69, 9.17) is 14.2 Å². The summed E-state index contributed by atoms with van der Waals surface area (Å²) >= 11 is 0. The Balaban J connectivity index is 4.29. The molecule has 0 bridgehead atoms. The van der Waals surface area contributed by atoms with Crippen LogP contribution in [-0.2, 0) is 28.6 Å². The molecule has 0 aliphatic carbocycles. The smallest absolute Gasteiger partial charge is 0.306 e. The number of allylic oxidation sites excluding steroid dienone is 6. The van der Waals surface area contributed by atoms with Crippen LogP contribution >= 0.6 is 0 Å². The van der Waals surface area contributed by atoms with Crippen LogP contribution in [0.25, 0.3) is 0 Å². The minimum absolute atomic E-state index is 0.0757. The molecule has 0 rings (SSSR count). The van der Waals surface area contributed by atoms with Crippen molar-refractivity contribution in [1.82, 2.24) is 0 Å². The van der Waals surface area contributed by atoms with Crippen molar-refractivity contribution in [3.63, 3.8) is 0 Å². The highest BCUT2D eigenvalue weighted by molar-refractivity contribution is 5.71. The fourth-order valence-corrected chi connectivity index (χ4v) is 8.08. The minimum atomic E-state index is -0.776. The summed E-state index contributed by atoms with van der Waals surface area (Å²) in [5, 5.41) is 0. The summed E-state index contributed by atoms with van der Waals surface area (Å²) in [4.78, 5) is 38.0. The van der Waals surface area contributed by atoms with Crippen molar-refractivity contribution < 1.29 is 28.6 Å². The largest absolute Gasteiger partial charge is 0.462 e.